The summed E-state index contributed by atoms with van der Waals surface area (Å²) in [6.45, 7) is 3.67. The first kappa shape index (κ1) is 45.8. The van der Waals surface area contributed by atoms with Gasteiger partial charge < -0.3 is 35.1 Å². The van der Waals surface area contributed by atoms with Crippen molar-refractivity contribution in [2.45, 2.75) is 82.9 Å². The number of ether oxygens (including phenoxy) is 3. The number of halogens is 2. The van der Waals surface area contributed by atoms with Gasteiger partial charge in [-0.3, -0.25) is 19.2 Å². The van der Waals surface area contributed by atoms with Crippen LogP contribution in [0.3, 0.4) is 0 Å². The molecule has 0 spiro atoms. The zero-order valence-corrected chi connectivity index (χ0v) is 36.7. The van der Waals surface area contributed by atoms with E-state index in [0.29, 0.717) is 115 Å². The zero-order chi connectivity index (χ0) is 44.0. The van der Waals surface area contributed by atoms with Crippen LogP contribution in [0.25, 0.3) is 0 Å². The molecule has 2 fully saturated rings. The molecule has 1 unspecified atom stereocenters. The topological polar surface area (TPSA) is 161 Å². The van der Waals surface area contributed by atoms with Gasteiger partial charge in [-0.15, -0.1) is 11.3 Å². The van der Waals surface area contributed by atoms with E-state index in [4.69, 9.17) is 30.8 Å². The van der Waals surface area contributed by atoms with Crippen LogP contribution in [0.4, 0.5) is 15.3 Å². The number of fused-ring (bicyclic) bond motifs is 1. The molecular formula is C47H52ClFN6O7S. The summed E-state index contributed by atoms with van der Waals surface area (Å²) in [7, 11) is 0. The van der Waals surface area contributed by atoms with Crippen molar-refractivity contribution in [3.05, 3.63) is 99.4 Å². The van der Waals surface area contributed by atoms with E-state index < -0.39 is 17.3 Å². The largest absolute Gasteiger partial charge is 0.487 e. The number of aromatic nitrogens is 2. The van der Waals surface area contributed by atoms with Crippen LogP contribution in [0.2, 0.25) is 5.02 Å². The second-order valence-corrected chi connectivity index (χ2v) is 17.3. The Hall–Kier alpha value is -5.24. The zero-order valence-electron chi connectivity index (χ0n) is 35.1. The Morgan fingerprint density at radius 3 is 2.57 bits per heavy atom. The maximum Gasteiger partial charge on any atom is 0.255 e. The van der Waals surface area contributed by atoms with Crippen LogP contribution in [-0.4, -0.2) is 96.5 Å². The van der Waals surface area contributed by atoms with Crippen LogP contribution in [-0.2, 0) is 36.8 Å². The van der Waals surface area contributed by atoms with Crippen molar-refractivity contribution < 1.29 is 37.8 Å². The standard InChI is InChI=1S/C47H52ClFN6O7S/c48-38-7-4-8-41(43(38)49)62-36-16-18-47(19-17-36,30-34-6-3-9-42(53-34)54-46-52-23-28-63-46)45(59)51-22-25-61-27-26-60-24-21-50-20-2-1-5-32-10-13-37-33(29-32)31-55(44(37)58)39-14-11-35(56)12-15-40(39)57/h3-4,6-10,13,23,28-29,36,39,50H,2,11-12,14-22,24-27,30-31H2,(H,51,59)(H,52,53,54). The van der Waals surface area contributed by atoms with Gasteiger partial charge in [0.2, 0.25) is 5.91 Å². The Kier molecular flexibility index (Phi) is 16.3. The first-order valence-corrected chi connectivity index (χ1v) is 22.8. The molecule has 0 saturated heterocycles. The number of carbonyl (C=O) groups is 4. The van der Waals surface area contributed by atoms with Crippen LogP contribution < -0.4 is 20.7 Å². The first-order chi connectivity index (χ1) is 30.7. The van der Waals surface area contributed by atoms with Crippen molar-refractivity contribution in [1.82, 2.24) is 25.5 Å². The molecule has 0 radical (unpaired) electrons. The number of amides is 2. The van der Waals surface area contributed by atoms with Crippen LogP contribution in [0, 0.1) is 23.1 Å². The number of hydrogen-bond donors (Lipinski definition) is 3. The lowest BCUT2D eigenvalue weighted by molar-refractivity contribution is -0.134. The number of nitrogens with one attached hydrogen (secondary N) is 3. The highest BCUT2D eigenvalue weighted by atomic mass is 35.5. The van der Waals surface area contributed by atoms with E-state index in [1.54, 1.807) is 29.3 Å². The molecule has 2 aliphatic carbocycles. The molecule has 2 saturated carbocycles. The Morgan fingerprint density at radius 1 is 0.952 bits per heavy atom. The van der Waals surface area contributed by atoms with Crippen molar-refractivity contribution in [3.63, 3.8) is 0 Å². The summed E-state index contributed by atoms with van der Waals surface area (Å²) < 4.78 is 32.1. The third-order valence-electron chi connectivity index (χ3n) is 11.6. The van der Waals surface area contributed by atoms with Gasteiger partial charge in [-0.25, -0.2) is 14.4 Å². The number of rotatable bonds is 19. The molecule has 2 aromatic carbocycles. The molecular weight excluding hydrogens is 847 g/mol. The summed E-state index contributed by atoms with van der Waals surface area (Å²) in [5.41, 5.74) is 2.30. The quantitative estimate of drug-likeness (QED) is 0.0514. The number of carbonyl (C=O) groups excluding carboxylic acids is 4. The molecule has 16 heteroatoms. The van der Waals surface area contributed by atoms with Gasteiger partial charge in [0.05, 0.1) is 49.0 Å². The van der Waals surface area contributed by atoms with E-state index in [1.165, 1.54) is 17.4 Å². The maximum absolute atomic E-state index is 14.6. The van der Waals surface area contributed by atoms with Crippen LogP contribution in [0.5, 0.6) is 5.75 Å². The van der Waals surface area contributed by atoms with E-state index in [2.05, 4.69) is 32.8 Å². The predicted octanol–water partition coefficient (Wildman–Crippen LogP) is 6.84. The highest BCUT2D eigenvalue weighted by molar-refractivity contribution is 7.13. The number of anilines is 2. The molecule has 13 nitrogen and oxygen atoms in total. The lowest BCUT2D eigenvalue weighted by atomic mass is 9.69. The van der Waals surface area contributed by atoms with Crippen molar-refractivity contribution in [1.29, 1.82) is 0 Å². The van der Waals surface area contributed by atoms with Gasteiger partial charge in [-0.1, -0.05) is 35.6 Å². The number of pyridine rings is 1. The van der Waals surface area contributed by atoms with E-state index in [0.717, 1.165) is 22.0 Å². The molecule has 7 rings (SSSR count). The third-order valence-corrected chi connectivity index (χ3v) is 12.6. The Bertz CT molecular complexity index is 2290. The molecule has 63 heavy (non-hydrogen) atoms. The number of ketones is 2. The lowest BCUT2D eigenvalue weighted by Crippen LogP contribution is -2.47. The van der Waals surface area contributed by atoms with E-state index in [9.17, 15) is 23.6 Å². The maximum atomic E-state index is 14.6. The summed E-state index contributed by atoms with van der Waals surface area (Å²) in [6.07, 6.45) is 5.87. The van der Waals surface area contributed by atoms with Gasteiger partial charge in [0.1, 0.15) is 11.6 Å². The second kappa shape index (κ2) is 22.4. The fourth-order valence-electron chi connectivity index (χ4n) is 8.24. The van der Waals surface area contributed by atoms with Crippen LogP contribution in [0.15, 0.2) is 66.2 Å². The number of Topliss-reactive ketones (excluding diaryl/α,β-unsaturated/α-hetero) is 2. The van der Waals surface area contributed by atoms with E-state index in [-0.39, 0.29) is 53.1 Å². The van der Waals surface area contributed by atoms with Crippen LogP contribution in [0.1, 0.15) is 85.0 Å². The highest BCUT2D eigenvalue weighted by Gasteiger charge is 2.43. The average Bonchev–Trinajstić information content (AvgIpc) is 3.87. The van der Waals surface area contributed by atoms with Crippen molar-refractivity contribution in [3.8, 4) is 17.6 Å². The minimum atomic E-state index is -0.741. The van der Waals surface area contributed by atoms with E-state index in [1.807, 2.05) is 35.7 Å². The van der Waals surface area contributed by atoms with Gasteiger partial charge in [-0.2, -0.15) is 0 Å². The number of hydrogen-bond acceptors (Lipinski definition) is 12. The fourth-order valence-corrected chi connectivity index (χ4v) is 8.94. The Morgan fingerprint density at radius 2 is 1.76 bits per heavy atom. The summed E-state index contributed by atoms with van der Waals surface area (Å²) in [5.74, 6) is 6.32. The summed E-state index contributed by atoms with van der Waals surface area (Å²) in [6, 6.07) is 15.4. The molecule has 3 N–H and O–H groups in total. The van der Waals surface area contributed by atoms with Gasteiger partial charge in [0.15, 0.2) is 22.5 Å². The summed E-state index contributed by atoms with van der Waals surface area (Å²) in [5, 5.41) is 12.3. The normalized spacial score (nSPS) is 19.8. The smallest absolute Gasteiger partial charge is 0.255 e. The molecule has 3 heterocycles. The molecule has 1 atom stereocenters. The lowest BCUT2D eigenvalue weighted by Gasteiger charge is -2.39. The van der Waals surface area contributed by atoms with Gasteiger partial charge >= 0.3 is 0 Å². The molecule has 1 aliphatic heterocycles. The highest BCUT2D eigenvalue weighted by Crippen LogP contribution is 2.41. The summed E-state index contributed by atoms with van der Waals surface area (Å²) in [4.78, 5) is 62.2. The fraction of sp³-hybridized carbons (Fsp3) is 0.447. The van der Waals surface area contributed by atoms with Gasteiger partial charge in [-0.05, 0) is 80.1 Å². The number of benzene rings is 2. The molecule has 332 valence electrons. The SMILES string of the molecule is O=C1CCC(=O)C(N2Cc3cc(C#CCCNCCOCCOCCNC(=O)C4(Cc5cccc(Nc6nccs6)n5)CCC(Oc5cccc(Cl)c5F)CC4)ccc3C2=O)CC1. The van der Waals surface area contributed by atoms with Crippen molar-refractivity contribution >= 4 is 57.3 Å². The predicted molar refractivity (Wildman–Crippen MR) is 238 cm³/mol. The minimum absolute atomic E-state index is 0.00504. The summed E-state index contributed by atoms with van der Waals surface area (Å²) >= 11 is 7.46. The average molecular weight is 899 g/mol. The molecule has 0 bridgehead atoms. The Labute approximate surface area is 375 Å². The van der Waals surface area contributed by atoms with Crippen molar-refractivity contribution in [2.24, 2.45) is 5.41 Å². The second-order valence-electron chi connectivity index (χ2n) is 15.9. The van der Waals surface area contributed by atoms with Gasteiger partial charge in [0.25, 0.3) is 5.91 Å². The monoisotopic (exact) mass is 898 g/mol. The third kappa shape index (κ3) is 12.5. The van der Waals surface area contributed by atoms with Crippen LogP contribution >= 0.6 is 22.9 Å². The van der Waals surface area contributed by atoms with E-state index >= 15 is 0 Å². The Balaban J connectivity index is 0.785. The van der Waals surface area contributed by atoms with Gasteiger partial charge in [0, 0.05) is 86.7 Å². The molecule has 2 amide bonds. The number of nitrogens with zero attached hydrogens (tertiary/aromatic N) is 3. The minimum Gasteiger partial charge on any atom is -0.487 e. The van der Waals surface area contributed by atoms with Crippen molar-refractivity contribution in [2.75, 3.05) is 51.4 Å². The number of thiazole rings is 1. The molecule has 4 aromatic rings. The molecule has 3 aliphatic rings. The molecule has 2 aromatic heterocycles. The first-order valence-electron chi connectivity index (χ1n) is 21.5.